The number of ether oxygens (including phenoxy) is 1. The van der Waals surface area contributed by atoms with E-state index in [0.717, 1.165) is 18.4 Å². The summed E-state index contributed by atoms with van der Waals surface area (Å²) in [6, 6.07) is 11.2. The van der Waals surface area contributed by atoms with Crippen molar-refractivity contribution in [3.8, 4) is 0 Å². The van der Waals surface area contributed by atoms with Crippen molar-refractivity contribution in [3.05, 3.63) is 81.0 Å². The minimum absolute atomic E-state index is 0.0417. The molecule has 6 heteroatoms. The van der Waals surface area contributed by atoms with Crippen molar-refractivity contribution in [2.75, 3.05) is 13.2 Å². The maximum absolute atomic E-state index is 13.9. The maximum Gasteiger partial charge on any atom is 0.291 e. The third kappa shape index (κ3) is 3.35. The van der Waals surface area contributed by atoms with Gasteiger partial charge in [-0.2, -0.15) is 0 Å². The first kappa shape index (κ1) is 19.9. The molecule has 0 bridgehead atoms. The number of hydrogen-bond donors (Lipinski definition) is 0. The lowest BCUT2D eigenvalue weighted by Gasteiger charge is -2.27. The molecule has 0 aliphatic carbocycles. The van der Waals surface area contributed by atoms with Crippen LogP contribution in [-0.4, -0.2) is 30.1 Å². The van der Waals surface area contributed by atoms with Crippen molar-refractivity contribution in [2.45, 2.75) is 44.8 Å². The first-order chi connectivity index (χ1) is 14.9. The summed E-state index contributed by atoms with van der Waals surface area (Å²) in [5, 5.41) is 0.148. The van der Waals surface area contributed by atoms with Crippen molar-refractivity contribution in [1.29, 1.82) is 0 Å². The Kier molecular flexibility index (Phi) is 4.89. The zero-order chi connectivity index (χ0) is 21.7. The average molecular weight is 421 g/mol. The number of hydrogen-bond acceptors (Lipinski definition) is 4. The number of nitrogens with zero attached hydrogens (tertiary/aromatic N) is 1. The molecule has 3 aromatic rings. The monoisotopic (exact) mass is 421 g/mol. The number of rotatable bonds is 4. The molecular weight excluding hydrogens is 397 g/mol. The molecule has 0 radical (unpaired) electrons. The number of carbonyl (C=O) groups excluding carboxylic acids is 1. The van der Waals surface area contributed by atoms with E-state index in [1.54, 1.807) is 4.90 Å². The van der Waals surface area contributed by atoms with Crippen molar-refractivity contribution in [1.82, 2.24) is 4.90 Å². The zero-order valence-corrected chi connectivity index (χ0v) is 17.6. The number of amides is 1. The summed E-state index contributed by atoms with van der Waals surface area (Å²) in [5.41, 5.74) is 2.13. The third-order valence-corrected chi connectivity index (χ3v) is 6.27. The second-order valence-corrected chi connectivity index (χ2v) is 8.63. The summed E-state index contributed by atoms with van der Waals surface area (Å²) in [7, 11) is 0. The molecule has 1 saturated heterocycles. The Bertz CT molecular complexity index is 1210. The molecule has 2 aromatic carbocycles. The molecule has 1 amide bonds. The number of benzene rings is 2. The molecule has 1 fully saturated rings. The Morgan fingerprint density at radius 3 is 2.58 bits per heavy atom. The van der Waals surface area contributed by atoms with Gasteiger partial charge >= 0.3 is 0 Å². The number of carbonyl (C=O) groups is 1. The van der Waals surface area contributed by atoms with Crippen LogP contribution in [0.3, 0.4) is 0 Å². The fourth-order valence-corrected chi connectivity index (χ4v) is 4.60. The molecule has 0 N–H and O–H groups in total. The average Bonchev–Trinajstić information content (AvgIpc) is 3.36. The first-order valence-electron chi connectivity index (χ1n) is 10.7. The molecule has 2 atom stereocenters. The van der Waals surface area contributed by atoms with E-state index in [1.165, 1.54) is 23.8 Å². The lowest BCUT2D eigenvalue weighted by molar-refractivity contribution is 0.0486. The molecule has 2 aliphatic rings. The Hall–Kier alpha value is -2.99. The standard InChI is InChI=1S/C25H24FNO4/c1-14(2)15-5-7-16(8-6-15)22-21-23(28)19-12-17(26)9-10-20(19)31-24(21)25(29)27(22)13-18-4-3-11-30-18/h5-10,12,14,18,22H,3-4,11,13H2,1-2H3. The van der Waals surface area contributed by atoms with Gasteiger partial charge in [-0.3, -0.25) is 9.59 Å². The van der Waals surface area contributed by atoms with Gasteiger partial charge in [0.05, 0.1) is 23.1 Å². The van der Waals surface area contributed by atoms with Crippen LogP contribution < -0.4 is 5.43 Å². The summed E-state index contributed by atoms with van der Waals surface area (Å²) in [6.45, 7) is 5.28. The fraction of sp³-hybridized carbons (Fsp3) is 0.360. The van der Waals surface area contributed by atoms with Crippen LogP contribution >= 0.6 is 0 Å². The molecule has 0 saturated carbocycles. The molecule has 2 aliphatic heterocycles. The van der Waals surface area contributed by atoms with E-state index in [4.69, 9.17) is 9.15 Å². The van der Waals surface area contributed by atoms with E-state index >= 15 is 0 Å². The number of fused-ring (bicyclic) bond motifs is 2. The van der Waals surface area contributed by atoms with Crippen LogP contribution in [0.25, 0.3) is 11.0 Å². The third-order valence-electron chi connectivity index (χ3n) is 6.27. The van der Waals surface area contributed by atoms with Crippen molar-refractivity contribution in [2.24, 2.45) is 0 Å². The highest BCUT2D eigenvalue weighted by atomic mass is 19.1. The van der Waals surface area contributed by atoms with Gasteiger partial charge in [0.15, 0.2) is 5.43 Å². The van der Waals surface area contributed by atoms with E-state index in [9.17, 15) is 14.0 Å². The molecule has 1 aromatic heterocycles. The molecular formula is C25H24FNO4. The summed E-state index contributed by atoms with van der Waals surface area (Å²) in [6.07, 6.45) is 1.75. The van der Waals surface area contributed by atoms with E-state index in [2.05, 4.69) is 13.8 Å². The van der Waals surface area contributed by atoms with Gasteiger partial charge in [0.2, 0.25) is 5.76 Å². The summed E-state index contributed by atoms with van der Waals surface area (Å²) in [4.78, 5) is 28.5. The van der Waals surface area contributed by atoms with Crippen LogP contribution in [0, 0.1) is 5.82 Å². The van der Waals surface area contributed by atoms with Gasteiger partial charge < -0.3 is 14.1 Å². The van der Waals surface area contributed by atoms with Gasteiger partial charge in [0, 0.05) is 13.2 Å². The Morgan fingerprint density at radius 1 is 1.13 bits per heavy atom. The van der Waals surface area contributed by atoms with Crippen molar-refractivity contribution < 1.29 is 18.3 Å². The molecule has 160 valence electrons. The van der Waals surface area contributed by atoms with Gasteiger partial charge in [-0.25, -0.2) is 4.39 Å². The van der Waals surface area contributed by atoms with Crippen molar-refractivity contribution in [3.63, 3.8) is 0 Å². The van der Waals surface area contributed by atoms with Gasteiger partial charge in [-0.15, -0.1) is 0 Å². The Balaban J connectivity index is 1.68. The predicted octanol–water partition coefficient (Wildman–Crippen LogP) is 4.78. The van der Waals surface area contributed by atoms with Crippen LogP contribution in [0.15, 0.2) is 51.7 Å². The highest BCUT2D eigenvalue weighted by Gasteiger charge is 2.43. The molecule has 31 heavy (non-hydrogen) atoms. The normalized spacial score (nSPS) is 20.8. The molecule has 5 rings (SSSR count). The summed E-state index contributed by atoms with van der Waals surface area (Å²) >= 11 is 0. The van der Waals surface area contributed by atoms with Gasteiger partial charge in [0.1, 0.15) is 11.4 Å². The first-order valence-corrected chi connectivity index (χ1v) is 10.7. The lowest BCUT2D eigenvalue weighted by Crippen LogP contribution is -2.36. The second-order valence-electron chi connectivity index (χ2n) is 8.63. The van der Waals surface area contributed by atoms with Gasteiger partial charge in [-0.1, -0.05) is 38.1 Å². The molecule has 0 spiro atoms. The molecule has 5 nitrogen and oxygen atoms in total. The highest BCUT2D eigenvalue weighted by Crippen LogP contribution is 2.39. The van der Waals surface area contributed by atoms with E-state index in [1.807, 2.05) is 24.3 Å². The van der Waals surface area contributed by atoms with E-state index < -0.39 is 11.9 Å². The quantitative estimate of drug-likeness (QED) is 0.608. The fourth-order valence-electron chi connectivity index (χ4n) is 4.60. The van der Waals surface area contributed by atoms with Gasteiger partial charge in [0.25, 0.3) is 5.91 Å². The minimum atomic E-state index is -0.586. The SMILES string of the molecule is CC(C)c1ccc(C2c3c(oc4ccc(F)cc4c3=O)C(=O)N2CC2CCCO2)cc1. The molecule has 2 unspecified atom stereocenters. The zero-order valence-electron chi connectivity index (χ0n) is 17.6. The van der Waals surface area contributed by atoms with Gasteiger partial charge in [-0.05, 0) is 48.1 Å². The van der Waals surface area contributed by atoms with Crippen LogP contribution in [-0.2, 0) is 4.74 Å². The van der Waals surface area contributed by atoms with Crippen molar-refractivity contribution >= 4 is 16.9 Å². The van der Waals surface area contributed by atoms with E-state index in [0.29, 0.717) is 19.1 Å². The van der Waals surface area contributed by atoms with Crippen LogP contribution in [0.1, 0.15) is 65.9 Å². The maximum atomic E-state index is 13.9. The Labute approximate surface area is 179 Å². The van der Waals surface area contributed by atoms with Crippen LogP contribution in [0.5, 0.6) is 0 Å². The second kappa shape index (κ2) is 7.61. The predicted molar refractivity (Wildman–Crippen MR) is 115 cm³/mol. The largest absolute Gasteiger partial charge is 0.450 e. The summed E-state index contributed by atoms with van der Waals surface area (Å²) < 4.78 is 25.5. The topological polar surface area (TPSA) is 59.8 Å². The number of halogens is 1. The smallest absolute Gasteiger partial charge is 0.291 e. The molecule has 3 heterocycles. The summed E-state index contributed by atoms with van der Waals surface area (Å²) in [5.74, 6) is -0.434. The van der Waals surface area contributed by atoms with Crippen LogP contribution in [0.2, 0.25) is 0 Å². The highest BCUT2D eigenvalue weighted by molar-refractivity contribution is 5.99. The van der Waals surface area contributed by atoms with Crippen LogP contribution in [0.4, 0.5) is 4.39 Å². The Morgan fingerprint density at radius 2 is 1.90 bits per heavy atom. The minimum Gasteiger partial charge on any atom is -0.450 e. The lowest BCUT2D eigenvalue weighted by atomic mass is 9.95. The van der Waals surface area contributed by atoms with E-state index in [-0.39, 0.29) is 39.7 Å².